The van der Waals surface area contributed by atoms with E-state index in [1.807, 2.05) is 19.1 Å². The van der Waals surface area contributed by atoms with E-state index in [1.165, 1.54) is 16.6 Å². The van der Waals surface area contributed by atoms with Crippen LogP contribution < -0.4 is 0 Å². The summed E-state index contributed by atoms with van der Waals surface area (Å²) < 4.78 is 2.24. The molecular formula is C21H27N3O2. The fraction of sp³-hybridized carbons (Fsp3) is 0.381. The third kappa shape index (κ3) is 3.51. The molecule has 0 saturated heterocycles. The van der Waals surface area contributed by atoms with E-state index in [4.69, 9.17) is 0 Å². The Bertz CT molecular complexity index is 864. The number of aliphatic imine (C=N–C) groups is 1. The first-order valence-corrected chi connectivity index (χ1v) is 8.98. The number of hydrogen-bond donors (Lipinski definition) is 2. The number of aliphatic hydroxyl groups excluding tert-OH is 2. The van der Waals surface area contributed by atoms with Gasteiger partial charge in [0.25, 0.3) is 0 Å². The highest BCUT2D eigenvalue weighted by Gasteiger charge is 2.24. The van der Waals surface area contributed by atoms with Crippen molar-refractivity contribution in [2.75, 3.05) is 13.6 Å². The topological polar surface area (TPSA) is 61.0 Å². The number of aliphatic hydroxyl groups is 2. The normalized spacial score (nSPS) is 17.0. The van der Waals surface area contributed by atoms with Gasteiger partial charge in [-0.15, -0.1) is 0 Å². The lowest BCUT2D eigenvalue weighted by atomic mass is 10.0. The van der Waals surface area contributed by atoms with Gasteiger partial charge in [0, 0.05) is 42.3 Å². The van der Waals surface area contributed by atoms with Crippen LogP contribution in [-0.2, 0) is 26.1 Å². The predicted molar refractivity (Wildman–Crippen MR) is 106 cm³/mol. The van der Waals surface area contributed by atoms with Crippen molar-refractivity contribution in [3.8, 4) is 0 Å². The average Bonchev–Trinajstić information content (AvgIpc) is 2.94. The summed E-state index contributed by atoms with van der Waals surface area (Å²) >= 11 is 0. The Morgan fingerprint density at radius 2 is 2.23 bits per heavy atom. The monoisotopic (exact) mass is 353 g/mol. The van der Waals surface area contributed by atoms with Gasteiger partial charge in [-0.3, -0.25) is 4.99 Å². The summed E-state index contributed by atoms with van der Waals surface area (Å²) in [6, 6.07) is 6.09. The largest absolute Gasteiger partial charge is 0.392 e. The molecule has 1 aromatic heterocycles. The van der Waals surface area contributed by atoms with Crippen molar-refractivity contribution in [2.24, 2.45) is 4.99 Å². The van der Waals surface area contributed by atoms with Gasteiger partial charge in [0.2, 0.25) is 0 Å². The highest BCUT2D eigenvalue weighted by molar-refractivity contribution is 5.86. The molecule has 138 valence electrons. The summed E-state index contributed by atoms with van der Waals surface area (Å²) in [4.78, 5) is 6.04. The Labute approximate surface area is 154 Å². The van der Waals surface area contributed by atoms with Crippen molar-refractivity contribution in [3.63, 3.8) is 0 Å². The summed E-state index contributed by atoms with van der Waals surface area (Å²) in [5, 5.41) is 21.5. The number of hydrogen-bond acceptors (Lipinski definition) is 4. The van der Waals surface area contributed by atoms with Crippen molar-refractivity contribution in [2.45, 2.75) is 39.1 Å². The van der Waals surface area contributed by atoms with Crippen LogP contribution in [-0.4, -0.2) is 46.1 Å². The van der Waals surface area contributed by atoms with Gasteiger partial charge < -0.3 is 19.7 Å². The molecule has 0 saturated carbocycles. The number of rotatable bonds is 6. The zero-order valence-corrected chi connectivity index (χ0v) is 15.5. The number of benzene rings is 1. The van der Waals surface area contributed by atoms with E-state index < -0.39 is 6.10 Å². The van der Waals surface area contributed by atoms with Gasteiger partial charge in [0.15, 0.2) is 0 Å². The lowest BCUT2D eigenvalue weighted by molar-refractivity contribution is 0.191. The van der Waals surface area contributed by atoms with Crippen LogP contribution in [0.3, 0.4) is 0 Å². The molecule has 0 aliphatic carbocycles. The average molecular weight is 353 g/mol. The summed E-state index contributed by atoms with van der Waals surface area (Å²) in [6.45, 7) is 7.79. The van der Waals surface area contributed by atoms with Gasteiger partial charge in [0.05, 0.1) is 19.3 Å². The van der Waals surface area contributed by atoms with Crippen LogP contribution in [0.1, 0.15) is 23.7 Å². The highest BCUT2D eigenvalue weighted by atomic mass is 16.3. The number of aromatic nitrogens is 1. The van der Waals surface area contributed by atoms with Crippen LogP contribution >= 0.6 is 0 Å². The molecule has 2 aromatic rings. The van der Waals surface area contributed by atoms with Crippen LogP contribution in [0.2, 0.25) is 0 Å². The number of likely N-dealkylation sites (N-methyl/N-ethyl adjacent to an activating group) is 1. The van der Waals surface area contributed by atoms with Gasteiger partial charge in [-0.2, -0.15) is 0 Å². The Kier molecular flexibility index (Phi) is 5.71. The minimum atomic E-state index is -0.616. The van der Waals surface area contributed by atoms with E-state index in [9.17, 15) is 10.2 Å². The maximum Gasteiger partial charge on any atom is 0.0966 e. The molecule has 1 aromatic carbocycles. The first-order valence-electron chi connectivity index (χ1n) is 8.98. The summed E-state index contributed by atoms with van der Waals surface area (Å²) in [7, 11) is 2.13. The Balaban J connectivity index is 2.05. The standard InChI is InChI=1S/C21H27N3O2/c1-4-16(7-9-22-2)21(26)13-24-19-6-5-15(14-25)11-17(19)18-12-23(3)10-8-20(18)24/h4-7,9,11,21,25-26H,2,8,10,12-14H2,1,3H3/b9-7-,16-4+. The molecule has 0 radical (unpaired) electrons. The lowest BCUT2D eigenvalue weighted by Crippen LogP contribution is -2.28. The lowest BCUT2D eigenvalue weighted by Gasteiger charge is -2.25. The van der Waals surface area contributed by atoms with E-state index in [0.717, 1.165) is 36.2 Å². The summed E-state index contributed by atoms with van der Waals surface area (Å²) in [5.41, 5.74) is 5.45. The van der Waals surface area contributed by atoms with E-state index in [1.54, 1.807) is 12.3 Å². The van der Waals surface area contributed by atoms with Crippen molar-refractivity contribution < 1.29 is 10.2 Å². The van der Waals surface area contributed by atoms with E-state index >= 15 is 0 Å². The molecule has 1 atom stereocenters. The van der Waals surface area contributed by atoms with Crippen molar-refractivity contribution in [1.29, 1.82) is 0 Å². The molecule has 5 heteroatoms. The molecule has 26 heavy (non-hydrogen) atoms. The van der Waals surface area contributed by atoms with Crippen molar-refractivity contribution >= 4 is 17.6 Å². The molecule has 0 amide bonds. The molecular weight excluding hydrogens is 326 g/mol. The second kappa shape index (κ2) is 7.99. The molecule has 0 fully saturated rings. The fourth-order valence-corrected chi connectivity index (χ4v) is 3.76. The first-order chi connectivity index (χ1) is 12.6. The van der Waals surface area contributed by atoms with Crippen LogP contribution in [0.25, 0.3) is 10.9 Å². The molecule has 1 aliphatic heterocycles. The Morgan fingerprint density at radius 3 is 2.92 bits per heavy atom. The minimum absolute atomic E-state index is 0.0381. The zero-order chi connectivity index (χ0) is 18.7. The molecule has 2 heterocycles. The van der Waals surface area contributed by atoms with Crippen LogP contribution in [0.4, 0.5) is 0 Å². The summed E-state index contributed by atoms with van der Waals surface area (Å²) in [5.74, 6) is 0. The first kappa shape index (κ1) is 18.6. The smallest absolute Gasteiger partial charge is 0.0966 e. The third-order valence-corrected chi connectivity index (χ3v) is 5.14. The fourth-order valence-electron chi connectivity index (χ4n) is 3.76. The Hall–Kier alpha value is -2.21. The quantitative estimate of drug-likeness (QED) is 0.620. The maximum absolute atomic E-state index is 10.8. The van der Waals surface area contributed by atoms with Crippen LogP contribution in [0.15, 0.2) is 47.1 Å². The predicted octanol–water partition coefficient (Wildman–Crippen LogP) is 2.64. The van der Waals surface area contributed by atoms with Gasteiger partial charge >= 0.3 is 0 Å². The van der Waals surface area contributed by atoms with Crippen molar-refractivity contribution in [3.05, 3.63) is 58.9 Å². The molecule has 0 bridgehead atoms. The molecule has 0 spiro atoms. The third-order valence-electron chi connectivity index (χ3n) is 5.14. The second-order valence-corrected chi connectivity index (χ2v) is 6.84. The maximum atomic E-state index is 10.8. The molecule has 2 N–H and O–H groups in total. The molecule has 3 rings (SSSR count). The van der Waals surface area contributed by atoms with Gasteiger partial charge in [-0.05, 0) is 55.6 Å². The molecule has 1 aliphatic rings. The van der Waals surface area contributed by atoms with Crippen LogP contribution in [0.5, 0.6) is 0 Å². The SMILES string of the molecule is C=N/C=C\C(=C/C)C(O)Cn1c2c(c3cc(CO)ccc31)CN(C)CC2. The number of nitrogens with zero attached hydrogens (tertiary/aromatic N) is 3. The zero-order valence-electron chi connectivity index (χ0n) is 15.5. The van der Waals surface area contributed by atoms with Gasteiger partial charge in [-0.25, -0.2) is 0 Å². The second-order valence-electron chi connectivity index (χ2n) is 6.84. The van der Waals surface area contributed by atoms with Gasteiger partial charge in [-0.1, -0.05) is 12.1 Å². The Morgan fingerprint density at radius 1 is 1.42 bits per heavy atom. The van der Waals surface area contributed by atoms with E-state index in [0.29, 0.717) is 6.54 Å². The summed E-state index contributed by atoms with van der Waals surface area (Å²) in [6.07, 6.45) is 5.64. The van der Waals surface area contributed by atoms with E-state index in [2.05, 4.69) is 40.4 Å². The molecule has 1 unspecified atom stereocenters. The molecule has 5 nitrogen and oxygen atoms in total. The number of fused-ring (bicyclic) bond motifs is 3. The highest BCUT2D eigenvalue weighted by Crippen LogP contribution is 2.32. The van der Waals surface area contributed by atoms with Crippen molar-refractivity contribution in [1.82, 2.24) is 9.47 Å². The van der Waals surface area contributed by atoms with E-state index in [-0.39, 0.29) is 6.61 Å². The van der Waals surface area contributed by atoms with Gasteiger partial charge in [0.1, 0.15) is 0 Å². The number of allylic oxidation sites excluding steroid dienone is 1. The minimum Gasteiger partial charge on any atom is -0.392 e. The van der Waals surface area contributed by atoms with Crippen LogP contribution in [0, 0.1) is 0 Å².